The second kappa shape index (κ2) is 13.5. The van der Waals surface area contributed by atoms with Crippen LogP contribution in [-0.4, -0.2) is 68.8 Å². The van der Waals surface area contributed by atoms with Crippen LogP contribution in [0.2, 0.25) is 5.02 Å². The predicted octanol–water partition coefficient (Wildman–Crippen LogP) is 2.72. The van der Waals surface area contributed by atoms with Gasteiger partial charge in [0.1, 0.15) is 17.1 Å². The molecule has 2 aromatic carbocycles. The van der Waals surface area contributed by atoms with E-state index in [0.717, 1.165) is 6.07 Å². The van der Waals surface area contributed by atoms with Crippen molar-refractivity contribution in [1.82, 2.24) is 0 Å². The van der Waals surface area contributed by atoms with Gasteiger partial charge >= 0.3 is 11.9 Å². The van der Waals surface area contributed by atoms with E-state index in [9.17, 15) is 19.8 Å². The van der Waals surface area contributed by atoms with Crippen LogP contribution in [0.15, 0.2) is 12.1 Å². The second-order valence-corrected chi connectivity index (χ2v) is 7.65. The van der Waals surface area contributed by atoms with Gasteiger partial charge in [-0.25, -0.2) is 4.79 Å². The molecular weight excluding hydrogens is 502 g/mol. The van der Waals surface area contributed by atoms with Crippen LogP contribution >= 0.6 is 11.6 Å². The Morgan fingerprint density at radius 3 is 2.22 bits per heavy atom. The zero-order chi connectivity index (χ0) is 26.8. The zero-order valence-electron chi connectivity index (χ0n) is 20.0. The molecule has 12 nitrogen and oxygen atoms in total. The van der Waals surface area contributed by atoms with Crippen molar-refractivity contribution in [2.75, 3.05) is 47.3 Å². The van der Waals surface area contributed by atoms with E-state index in [4.69, 9.17) is 50.9 Å². The molecule has 0 saturated carbocycles. The summed E-state index contributed by atoms with van der Waals surface area (Å²) in [6, 6.07) is 2.36. The molecular formula is C23H28ClNO11. The third-order valence-electron chi connectivity index (χ3n) is 4.88. The molecule has 0 aliphatic carbocycles. The van der Waals surface area contributed by atoms with Gasteiger partial charge in [-0.3, -0.25) is 4.79 Å². The van der Waals surface area contributed by atoms with Crippen LogP contribution in [0.25, 0.3) is 0 Å². The first-order chi connectivity index (χ1) is 17.2. The highest BCUT2D eigenvalue weighted by Crippen LogP contribution is 2.43. The van der Waals surface area contributed by atoms with E-state index in [1.165, 1.54) is 27.4 Å². The Morgan fingerprint density at radius 2 is 1.61 bits per heavy atom. The van der Waals surface area contributed by atoms with Crippen molar-refractivity contribution in [3.05, 3.63) is 33.8 Å². The molecule has 0 heterocycles. The molecule has 0 fully saturated rings. The van der Waals surface area contributed by atoms with Crippen LogP contribution in [0.3, 0.4) is 0 Å². The van der Waals surface area contributed by atoms with Crippen molar-refractivity contribution in [3.8, 4) is 28.7 Å². The predicted molar refractivity (Wildman–Crippen MR) is 127 cm³/mol. The number of phenols is 2. The summed E-state index contributed by atoms with van der Waals surface area (Å²) in [7, 11) is 4.29. The zero-order valence-corrected chi connectivity index (χ0v) is 20.7. The summed E-state index contributed by atoms with van der Waals surface area (Å²) in [5, 5.41) is 28.9. The minimum absolute atomic E-state index is 0.0411. The highest BCUT2D eigenvalue weighted by Gasteiger charge is 2.25. The van der Waals surface area contributed by atoms with E-state index in [2.05, 4.69) is 0 Å². The van der Waals surface area contributed by atoms with Crippen LogP contribution in [-0.2, 0) is 31.8 Å². The Morgan fingerprint density at radius 1 is 0.944 bits per heavy atom. The number of carbonyl (C=O) groups is 2. The standard InChI is InChI=1S/C23H28ClNO11/c1-31-10-35-17-8-14(25)21(36-11-32-2)13(22(17)33-3)6-7-34-23(30)19-12(4-5-18(28)29)20(24)16(27)9-15(19)26/h8-9,26-27H,4-7,10-11,25H2,1-3H3,(H,28,29). The monoisotopic (exact) mass is 529 g/mol. The molecule has 2 aromatic rings. The van der Waals surface area contributed by atoms with Crippen LogP contribution < -0.4 is 19.9 Å². The summed E-state index contributed by atoms with van der Waals surface area (Å²) >= 11 is 6.07. The Balaban J connectivity index is 2.34. The average Bonchev–Trinajstić information content (AvgIpc) is 2.83. The maximum atomic E-state index is 12.9. The summed E-state index contributed by atoms with van der Waals surface area (Å²) < 4.78 is 31.8. The van der Waals surface area contributed by atoms with Crippen molar-refractivity contribution in [3.63, 3.8) is 0 Å². The van der Waals surface area contributed by atoms with Crippen molar-refractivity contribution >= 4 is 29.2 Å². The third-order valence-corrected chi connectivity index (χ3v) is 5.30. The lowest BCUT2D eigenvalue weighted by molar-refractivity contribution is -0.136. The largest absolute Gasteiger partial charge is 0.507 e. The number of nitrogens with two attached hydrogens (primary N) is 1. The minimum atomic E-state index is -1.16. The van der Waals surface area contributed by atoms with Gasteiger partial charge in [0, 0.05) is 44.8 Å². The molecule has 0 unspecified atom stereocenters. The number of benzene rings is 2. The minimum Gasteiger partial charge on any atom is -0.507 e. The molecule has 0 saturated heterocycles. The van der Waals surface area contributed by atoms with Gasteiger partial charge in [0.15, 0.2) is 30.8 Å². The molecule has 0 aromatic heterocycles. The lowest BCUT2D eigenvalue weighted by atomic mass is 10.0. The maximum absolute atomic E-state index is 12.9. The van der Waals surface area contributed by atoms with Gasteiger partial charge in [0.2, 0.25) is 0 Å². The number of esters is 1. The summed E-state index contributed by atoms with van der Waals surface area (Å²) in [6.45, 7) is -0.435. The first-order valence-electron chi connectivity index (χ1n) is 10.5. The number of halogens is 1. The number of methoxy groups -OCH3 is 3. The van der Waals surface area contributed by atoms with Gasteiger partial charge in [0.05, 0.1) is 24.4 Å². The van der Waals surface area contributed by atoms with Crippen LogP contribution in [0.5, 0.6) is 28.7 Å². The summed E-state index contributed by atoms with van der Waals surface area (Å²) in [4.78, 5) is 23.9. The van der Waals surface area contributed by atoms with Gasteiger partial charge < -0.3 is 49.5 Å². The maximum Gasteiger partial charge on any atom is 0.342 e. The highest BCUT2D eigenvalue weighted by atomic mass is 35.5. The number of rotatable bonds is 14. The molecule has 5 N–H and O–H groups in total. The number of carboxylic acids is 1. The van der Waals surface area contributed by atoms with Gasteiger partial charge in [-0.05, 0) is 12.0 Å². The van der Waals surface area contributed by atoms with Crippen molar-refractivity contribution in [1.29, 1.82) is 0 Å². The van der Waals surface area contributed by atoms with Gasteiger partial charge in [-0.2, -0.15) is 0 Å². The number of phenolic OH excluding ortho intramolecular Hbond substituents is 2. The molecule has 0 bridgehead atoms. The van der Waals surface area contributed by atoms with E-state index in [0.29, 0.717) is 5.56 Å². The van der Waals surface area contributed by atoms with Crippen molar-refractivity contribution in [2.24, 2.45) is 0 Å². The Labute approximate surface area is 212 Å². The van der Waals surface area contributed by atoms with E-state index in [1.807, 2.05) is 0 Å². The molecule has 2 rings (SSSR count). The van der Waals surface area contributed by atoms with Crippen LogP contribution in [0, 0.1) is 0 Å². The van der Waals surface area contributed by atoms with Crippen LogP contribution in [0.1, 0.15) is 27.9 Å². The Bertz CT molecular complexity index is 1090. The van der Waals surface area contributed by atoms with Gasteiger partial charge in [-0.15, -0.1) is 0 Å². The number of ether oxygens (including phenoxy) is 6. The topological polar surface area (TPSA) is 176 Å². The molecule has 0 spiro atoms. The summed E-state index contributed by atoms with van der Waals surface area (Å²) in [5.41, 5.74) is 6.34. The van der Waals surface area contributed by atoms with Crippen LogP contribution in [0.4, 0.5) is 5.69 Å². The van der Waals surface area contributed by atoms with E-state index in [1.54, 1.807) is 0 Å². The van der Waals surface area contributed by atoms with E-state index >= 15 is 0 Å². The number of anilines is 1. The molecule has 13 heteroatoms. The number of carbonyl (C=O) groups excluding carboxylic acids is 1. The lowest BCUT2D eigenvalue weighted by Gasteiger charge is -2.20. The van der Waals surface area contributed by atoms with Crippen molar-refractivity contribution < 1.29 is 53.3 Å². The van der Waals surface area contributed by atoms with E-state index in [-0.39, 0.29) is 72.1 Å². The molecule has 0 aliphatic heterocycles. The fourth-order valence-corrected chi connectivity index (χ4v) is 3.61. The van der Waals surface area contributed by atoms with Gasteiger partial charge in [-0.1, -0.05) is 11.6 Å². The average molecular weight is 530 g/mol. The first-order valence-corrected chi connectivity index (χ1v) is 10.9. The van der Waals surface area contributed by atoms with Crippen molar-refractivity contribution in [2.45, 2.75) is 19.3 Å². The van der Waals surface area contributed by atoms with Gasteiger partial charge in [0.25, 0.3) is 0 Å². The number of nitrogen functional groups attached to an aromatic ring is 1. The normalized spacial score (nSPS) is 10.7. The summed E-state index contributed by atoms with van der Waals surface area (Å²) in [5.74, 6) is -2.48. The molecule has 0 radical (unpaired) electrons. The highest BCUT2D eigenvalue weighted by molar-refractivity contribution is 6.33. The molecule has 0 amide bonds. The fourth-order valence-electron chi connectivity index (χ4n) is 3.36. The fraction of sp³-hybridized carbons (Fsp3) is 0.391. The van der Waals surface area contributed by atoms with E-state index < -0.39 is 29.9 Å². The number of hydrogen-bond donors (Lipinski definition) is 4. The Hall–Kier alpha value is -3.61. The number of aromatic hydroxyl groups is 2. The second-order valence-electron chi connectivity index (χ2n) is 7.27. The summed E-state index contributed by atoms with van der Waals surface area (Å²) in [6.07, 6.45) is -0.577. The Kier molecular flexibility index (Phi) is 10.7. The lowest BCUT2D eigenvalue weighted by Crippen LogP contribution is -2.14. The smallest absolute Gasteiger partial charge is 0.342 e. The molecule has 0 aliphatic rings. The molecule has 0 atom stereocenters. The molecule has 36 heavy (non-hydrogen) atoms. The third kappa shape index (κ3) is 6.97. The molecule has 198 valence electrons. The number of hydrogen-bond acceptors (Lipinski definition) is 11. The SMILES string of the molecule is COCOc1cc(N)c(OCOC)c(CCOC(=O)c2c(O)cc(O)c(Cl)c2CCC(=O)O)c1OC. The quantitative estimate of drug-likeness (QED) is 0.160. The first kappa shape index (κ1) is 28.6. The number of aliphatic carboxylic acids is 1. The number of carboxylic acid groups (broad SMARTS) is 1.